The molecule has 148 valence electrons. The molecule has 27 heavy (non-hydrogen) atoms. The predicted octanol–water partition coefficient (Wildman–Crippen LogP) is -0.699. The van der Waals surface area contributed by atoms with E-state index in [9.17, 15) is 22.8 Å². The number of nitrogens with one attached hydrogen (secondary N) is 1. The summed E-state index contributed by atoms with van der Waals surface area (Å²) in [6.07, 6.45) is 0.298. The summed E-state index contributed by atoms with van der Waals surface area (Å²) in [6, 6.07) is 5.55. The number of hydrogen-bond donors (Lipinski definition) is 2. The third kappa shape index (κ3) is 5.51. The van der Waals surface area contributed by atoms with Crippen LogP contribution in [0.5, 0.6) is 0 Å². The van der Waals surface area contributed by atoms with Crippen molar-refractivity contribution in [2.24, 2.45) is 5.73 Å². The number of carbonyl (C=O) groups is 3. The number of amides is 3. The molecule has 9 nitrogen and oxygen atoms in total. The number of benzene rings is 1. The van der Waals surface area contributed by atoms with Gasteiger partial charge in [-0.15, -0.1) is 0 Å². The Balaban J connectivity index is 2.19. The second-order valence-corrected chi connectivity index (χ2v) is 8.95. The van der Waals surface area contributed by atoms with Crippen LogP contribution in [0.2, 0.25) is 0 Å². The zero-order valence-corrected chi connectivity index (χ0v) is 16.2. The molecule has 1 unspecified atom stereocenters. The fourth-order valence-corrected chi connectivity index (χ4v) is 4.62. The monoisotopic (exact) mass is 396 g/mol. The van der Waals surface area contributed by atoms with Gasteiger partial charge in [0.05, 0.1) is 22.8 Å². The third-order valence-electron chi connectivity index (χ3n) is 4.33. The van der Waals surface area contributed by atoms with Gasteiger partial charge in [0.2, 0.25) is 0 Å². The van der Waals surface area contributed by atoms with Crippen LogP contribution in [0, 0.1) is 0 Å². The Morgan fingerprint density at radius 2 is 1.85 bits per heavy atom. The zero-order valence-electron chi connectivity index (χ0n) is 15.3. The molecule has 3 amide bonds. The summed E-state index contributed by atoms with van der Waals surface area (Å²) >= 11 is 0. The smallest absolute Gasteiger partial charge is 0.313 e. The molecule has 1 aromatic carbocycles. The molecule has 0 saturated carbocycles. The molecule has 0 radical (unpaired) electrons. The van der Waals surface area contributed by atoms with Crippen LogP contribution in [0.15, 0.2) is 24.3 Å². The summed E-state index contributed by atoms with van der Waals surface area (Å²) in [7, 11) is 0.418. The van der Waals surface area contributed by atoms with Crippen LogP contribution >= 0.6 is 0 Å². The van der Waals surface area contributed by atoms with E-state index in [1.807, 2.05) is 19.0 Å². The van der Waals surface area contributed by atoms with Gasteiger partial charge in [0.1, 0.15) is 0 Å². The first-order chi connectivity index (χ1) is 12.6. The molecule has 0 aliphatic carbocycles. The van der Waals surface area contributed by atoms with Crippen LogP contribution in [0.4, 0.5) is 5.69 Å². The molecule has 1 aromatic rings. The minimum Gasteiger partial charge on any atom is -0.366 e. The maximum atomic E-state index is 12.7. The van der Waals surface area contributed by atoms with E-state index in [0.717, 1.165) is 0 Å². The number of primary amides is 1. The molecule has 1 fully saturated rings. The molecule has 1 heterocycles. The van der Waals surface area contributed by atoms with E-state index in [4.69, 9.17) is 5.73 Å². The van der Waals surface area contributed by atoms with Gasteiger partial charge in [-0.1, -0.05) is 12.1 Å². The molecule has 10 heteroatoms. The number of nitrogens with zero attached hydrogens (tertiary/aromatic N) is 2. The lowest BCUT2D eigenvalue weighted by Gasteiger charge is -2.29. The number of anilines is 1. The standard InChI is InChI=1S/C17H24N4O5S/c1-20(2)8-9-21(12-7-10-27(25,26)11-12)17(24)16(23)19-14-6-4-3-5-13(14)15(18)22/h3-6,12H,7-11H2,1-2H3,(H2,18,22)(H,19,23). The van der Waals surface area contributed by atoms with Crippen LogP contribution < -0.4 is 11.1 Å². The summed E-state index contributed by atoms with van der Waals surface area (Å²) in [5.41, 5.74) is 5.50. The first kappa shape index (κ1) is 20.8. The normalized spacial score (nSPS) is 18.3. The first-order valence-corrected chi connectivity index (χ1v) is 10.3. The van der Waals surface area contributed by atoms with Crippen molar-refractivity contribution in [2.45, 2.75) is 12.5 Å². The van der Waals surface area contributed by atoms with E-state index < -0.39 is 33.6 Å². The van der Waals surface area contributed by atoms with Gasteiger partial charge in [-0.25, -0.2) is 8.42 Å². The minimum absolute atomic E-state index is 0.00443. The Kier molecular flexibility index (Phi) is 6.55. The van der Waals surface area contributed by atoms with Crippen LogP contribution in [0.3, 0.4) is 0 Å². The van der Waals surface area contributed by atoms with Crippen molar-refractivity contribution in [1.29, 1.82) is 0 Å². The largest absolute Gasteiger partial charge is 0.366 e. The van der Waals surface area contributed by atoms with E-state index in [1.165, 1.54) is 17.0 Å². The topological polar surface area (TPSA) is 130 Å². The second kappa shape index (κ2) is 8.49. The molecule has 0 aromatic heterocycles. The number of para-hydroxylation sites is 1. The van der Waals surface area contributed by atoms with E-state index in [-0.39, 0.29) is 29.3 Å². The second-order valence-electron chi connectivity index (χ2n) is 6.72. The maximum absolute atomic E-state index is 12.7. The van der Waals surface area contributed by atoms with Gasteiger partial charge in [0, 0.05) is 19.1 Å². The van der Waals surface area contributed by atoms with Crippen molar-refractivity contribution in [3.63, 3.8) is 0 Å². The number of likely N-dealkylation sites (N-methyl/N-ethyl adjacent to an activating group) is 1. The van der Waals surface area contributed by atoms with Crippen LogP contribution in [-0.4, -0.2) is 80.7 Å². The van der Waals surface area contributed by atoms with Crippen LogP contribution in [0.25, 0.3) is 0 Å². The van der Waals surface area contributed by atoms with Gasteiger partial charge in [-0.05, 0) is 32.6 Å². The maximum Gasteiger partial charge on any atom is 0.313 e. The third-order valence-corrected chi connectivity index (χ3v) is 6.08. The van der Waals surface area contributed by atoms with Gasteiger partial charge in [0.15, 0.2) is 9.84 Å². The fraction of sp³-hybridized carbons (Fsp3) is 0.471. The highest BCUT2D eigenvalue weighted by atomic mass is 32.2. The molecule has 0 spiro atoms. The van der Waals surface area contributed by atoms with E-state index >= 15 is 0 Å². The van der Waals surface area contributed by atoms with Crippen molar-refractivity contribution in [3.05, 3.63) is 29.8 Å². The summed E-state index contributed by atoms with van der Waals surface area (Å²) in [5.74, 6) is -2.66. The van der Waals surface area contributed by atoms with Crippen molar-refractivity contribution < 1.29 is 22.8 Å². The number of hydrogen-bond acceptors (Lipinski definition) is 6. The number of carbonyl (C=O) groups excluding carboxylic acids is 3. The van der Waals surface area contributed by atoms with E-state index in [0.29, 0.717) is 13.0 Å². The fourth-order valence-electron chi connectivity index (χ4n) is 2.89. The Bertz CT molecular complexity index is 837. The lowest BCUT2D eigenvalue weighted by molar-refractivity contribution is -0.144. The molecule has 1 atom stereocenters. The molecule has 1 aliphatic rings. The lowest BCUT2D eigenvalue weighted by atomic mass is 10.1. The van der Waals surface area contributed by atoms with E-state index in [1.54, 1.807) is 12.1 Å². The molecule has 1 aliphatic heterocycles. The van der Waals surface area contributed by atoms with Gasteiger partial charge in [0.25, 0.3) is 5.91 Å². The van der Waals surface area contributed by atoms with Crippen molar-refractivity contribution in [2.75, 3.05) is 44.0 Å². The number of sulfone groups is 1. The summed E-state index contributed by atoms with van der Waals surface area (Å²) in [4.78, 5) is 39.8. The average molecular weight is 396 g/mol. The Morgan fingerprint density at radius 1 is 1.19 bits per heavy atom. The average Bonchev–Trinajstić information content (AvgIpc) is 2.94. The Hall–Kier alpha value is -2.46. The highest BCUT2D eigenvalue weighted by Crippen LogP contribution is 2.19. The molecule has 3 N–H and O–H groups in total. The Morgan fingerprint density at radius 3 is 2.41 bits per heavy atom. The number of nitrogens with two attached hydrogens (primary N) is 1. The van der Waals surface area contributed by atoms with Crippen molar-refractivity contribution in [3.8, 4) is 0 Å². The molecular weight excluding hydrogens is 372 g/mol. The van der Waals surface area contributed by atoms with Crippen molar-refractivity contribution in [1.82, 2.24) is 9.80 Å². The summed E-state index contributed by atoms with van der Waals surface area (Å²) in [6.45, 7) is 0.699. The minimum atomic E-state index is -3.22. The van der Waals surface area contributed by atoms with Crippen LogP contribution in [0.1, 0.15) is 16.8 Å². The highest BCUT2D eigenvalue weighted by molar-refractivity contribution is 7.91. The van der Waals surface area contributed by atoms with E-state index in [2.05, 4.69) is 5.32 Å². The van der Waals surface area contributed by atoms with Gasteiger partial charge < -0.3 is 20.9 Å². The van der Waals surface area contributed by atoms with Gasteiger partial charge in [-0.3, -0.25) is 14.4 Å². The summed E-state index contributed by atoms with van der Waals surface area (Å²) < 4.78 is 23.6. The lowest BCUT2D eigenvalue weighted by Crippen LogP contribution is -2.49. The zero-order chi connectivity index (χ0) is 20.2. The van der Waals surface area contributed by atoms with Gasteiger partial charge >= 0.3 is 11.8 Å². The SMILES string of the molecule is CN(C)CCN(C(=O)C(=O)Nc1ccccc1C(N)=O)C1CCS(=O)(=O)C1. The number of rotatable bonds is 6. The predicted molar refractivity (Wildman–Crippen MR) is 101 cm³/mol. The van der Waals surface area contributed by atoms with Gasteiger partial charge in [-0.2, -0.15) is 0 Å². The summed E-state index contributed by atoms with van der Waals surface area (Å²) in [5, 5.41) is 2.41. The molecule has 2 rings (SSSR count). The van der Waals surface area contributed by atoms with Crippen molar-refractivity contribution >= 4 is 33.2 Å². The highest BCUT2D eigenvalue weighted by Gasteiger charge is 2.36. The molecule has 0 bridgehead atoms. The Labute approximate surface area is 158 Å². The first-order valence-electron chi connectivity index (χ1n) is 8.46. The van der Waals surface area contributed by atoms with Crippen LogP contribution in [-0.2, 0) is 19.4 Å². The quantitative estimate of drug-likeness (QED) is 0.612. The molecule has 1 saturated heterocycles. The molecular formula is C17H24N4O5S.